The molecule has 8 heteroatoms. The second kappa shape index (κ2) is 5.95. The number of carbonyl (C=O) groups is 1. The number of hydrogen-bond donors (Lipinski definition) is 2. The topological polar surface area (TPSA) is 53.5 Å². The molecule has 0 aliphatic carbocycles. The minimum Gasteiger partial charge on any atom is -0.282 e. The highest BCUT2D eigenvalue weighted by Crippen LogP contribution is 2.37. The molecule has 2 aromatic carbocycles. The van der Waals surface area contributed by atoms with Crippen molar-refractivity contribution >= 4 is 11.7 Å². The van der Waals surface area contributed by atoms with Gasteiger partial charge in [-0.15, -0.1) is 0 Å². The van der Waals surface area contributed by atoms with Crippen LogP contribution >= 0.6 is 0 Å². The molecule has 1 heterocycles. The van der Waals surface area contributed by atoms with E-state index in [9.17, 15) is 22.4 Å². The van der Waals surface area contributed by atoms with Crippen molar-refractivity contribution in [3.05, 3.63) is 59.4 Å². The zero-order valence-electron chi connectivity index (χ0n) is 12.1. The predicted molar refractivity (Wildman–Crippen MR) is 79.5 cm³/mol. The average Bonchev–Trinajstić information content (AvgIpc) is 2.55. The maximum atomic E-state index is 13.4. The lowest BCUT2D eigenvalue weighted by Crippen LogP contribution is -2.47. The number of nitrogens with one attached hydrogen (secondary N) is 2. The summed E-state index contributed by atoms with van der Waals surface area (Å²) in [6.07, 6.45) is -4.60. The fourth-order valence-electron chi connectivity index (χ4n) is 2.33. The smallest absolute Gasteiger partial charge is 0.282 e. The first-order valence-corrected chi connectivity index (χ1v) is 6.91. The van der Waals surface area contributed by atoms with Crippen LogP contribution in [-0.2, 0) is 11.0 Å². The van der Waals surface area contributed by atoms with Gasteiger partial charge in [0.15, 0.2) is 0 Å². The van der Waals surface area contributed by atoms with Crippen LogP contribution in [0, 0.1) is 5.82 Å². The molecule has 4 nitrogen and oxygen atoms in total. The van der Waals surface area contributed by atoms with E-state index in [-0.39, 0.29) is 35.0 Å². The summed E-state index contributed by atoms with van der Waals surface area (Å²) < 4.78 is 53.3. The van der Waals surface area contributed by atoms with Crippen LogP contribution in [0.5, 0.6) is 0 Å². The van der Waals surface area contributed by atoms with Crippen LogP contribution in [0.2, 0.25) is 0 Å². The Bertz CT molecular complexity index is 813. The van der Waals surface area contributed by atoms with Gasteiger partial charge in [0.2, 0.25) is 0 Å². The van der Waals surface area contributed by atoms with Crippen molar-refractivity contribution < 1.29 is 22.4 Å². The molecule has 24 heavy (non-hydrogen) atoms. The Labute approximate surface area is 134 Å². The quantitative estimate of drug-likeness (QED) is 0.828. The Morgan fingerprint density at radius 2 is 1.62 bits per heavy atom. The van der Waals surface area contributed by atoms with Crippen LogP contribution in [0.15, 0.2) is 47.5 Å². The van der Waals surface area contributed by atoms with Gasteiger partial charge in [0.25, 0.3) is 5.91 Å². The van der Waals surface area contributed by atoms with Crippen molar-refractivity contribution in [2.24, 2.45) is 4.99 Å². The molecule has 2 N–H and O–H groups in total. The van der Waals surface area contributed by atoms with Gasteiger partial charge in [-0.1, -0.05) is 24.3 Å². The monoisotopic (exact) mass is 337 g/mol. The van der Waals surface area contributed by atoms with Crippen LogP contribution in [0.3, 0.4) is 0 Å². The lowest BCUT2D eigenvalue weighted by atomic mass is 9.96. The van der Waals surface area contributed by atoms with Gasteiger partial charge in [0.05, 0.1) is 5.56 Å². The largest absolute Gasteiger partial charge is 0.417 e. The summed E-state index contributed by atoms with van der Waals surface area (Å²) in [5.74, 6) is -0.760. The molecule has 124 valence electrons. The van der Waals surface area contributed by atoms with E-state index in [2.05, 4.69) is 15.8 Å². The molecule has 0 spiro atoms. The number of hydrazine groups is 1. The Hall–Kier alpha value is -2.90. The van der Waals surface area contributed by atoms with E-state index in [1.807, 2.05) is 0 Å². The van der Waals surface area contributed by atoms with E-state index >= 15 is 0 Å². The molecule has 0 unspecified atom stereocenters. The summed E-state index contributed by atoms with van der Waals surface area (Å²) in [4.78, 5) is 14.9. The van der Waals surface area contributed by atoms with Crippen LogP contribution in [0.25, 0.3) is 11.1 Å². The minimum atomic E-state index is -4.60. The van der Waals surface area contributed by atoms with Crippen molar-refractivity contribution in [2.45, 2.75) is 6.18 Å². The van der Waals surface area contributed by atoms with Gasteiger partial charge >= 0.3 is 6.18 Å². The zero-order chi connectivity index (χ0) is 17.3. The van der Waals surface area contributed by atoms with Crippen molar-refractivity contribution in [3.63, 3.8) is 0 Å². The number of alkyl halides is 3. The number of aliphatic imine (C=N–C) groups is 1. The molecule has 0 saturated carbocycles. The van der Waals surface area contributed by atoms with E-state index in [4.69, 9.17) is 0 Å². The molecule has 0 aromatic heterocycles. The van der Waals surface area contributed by atoms with Crippen LogP contribution in [-0.4, -0.2) is 18.3 Å². The molecule has 1 amide bonds. The molecule has 2 aromatic rings. The van der Waals surface area contributed by atoms with Gasteiger partial charge < -0.3 is 0 Å². The fraction of sp³-hybridized carbons (Fsp3) is 0.125. The van der Waals surface area contributed by atoms with Crippen LogP contribution in [0.4, 0.5) is 17.6 Å². The third kappa shape index (κ3) is 3.22. The number of nitrogens with zero attached hydrogens (tertiary/aromatic N) is 1. The lowest BCUT2D eigenvalue weighted by Gasteiger charge is -2.18. The Morgan fingerprint density at radius 3 is 2.21 bits per heavy atom. The van der Waals surface area contributed by atoms with E-state index in [0.29, 0.717) is 0 Å². The first-order chi connectivity index (χ1) is 11.3. The number of halogens is 4. The predicted octanol–water partition coefficient (Wildman–Crippen LogP) is 2.89. The first kappa shape index (κ1) is 16.0. The summed E-state index contributed by atoms with van der Waals surface area (Å²) in [6.45, 7) is -0.163. The number of amidine groups is 1. The van der Waals surface area contributed by atoms with Crippen molar-refractivity contribution in [3.8, 4) is 11.1 Å². The maximum Gasteiger partial charge on any atom is 0.417 e. The molecule has 3 rings (SSSR count). The van der Waals surface area contributed by atoms with Gasteiger partial charge in [0, 0.05) is 5.56 Å². The van der Waals surface area contributed by atoms with E-state index < -0.39 is 17.6 Å². The molecule has 0 atom stereocenters. The van der Waals surface area contributed by atoms with Gasteiger partial charge in [-0.25, -0.2) is 4.39 Å². The number of amides is 1. The minimum absolute atomic E-state index is 0.0632. The summed E-state index contributed by atoms with van der Waals surface area (Å²) in [5, 5.41) is 0. The molecule has 0 radical (unpaired) electrons. The van der Waals surface area contributed by atoms with Crippen molar-refractivity contribution in [1.29, 1.82) is 0 Å². The first-order valence-electron chi connectivity index (χ1n) is 6.91. The average molecular weight is 337 g/mol. The summed E-state index contributed by atoms with van der Waals surface area (Å²) in [6, 6.07) is 8.48. The van der Waals surface area contributed by atoms with E-state index in [1.54, 1.807) is 0 Å². The standard InChI is InChI=1S/C16H11F4N3O/c17-11-4-1-9(2-5-11)12-6-3-10(7-13(12)16(18,19)20)15-21-8-14(24)22-23-15/h1-7H,8H2,(H,21,23)(H,22,24). The van der Waals surface area contributed by atoms with Crippen molar-refractivity contribution in [1.82, 2.24) is 10.9 Å². The SMILES string of the molecule is O=C1CN=C(c2ccc(-c3ccc(F)cc3)c(C(F)(F)F)c2)NN1. The molecule has 1 aliphatic heterocycles. The maximum absolute atomic E-state index is 13.4. The van der Waals surface area contributed by atoms with Crippen LogP contribution < -0.4 is 10.9 Å². The number of benzene rings is 2. The number of hydrogen-bond acceptors (Lipinski definition) is 3. The summed E-state index contributed by atoms with van der Waals surface area (Å²) in [7, 11) is 0. The highest BCUT2D eigenvalue weighted by molar-refractivity contribution is 6.03. The Kier molecular flexibility index (Phi) is 3.96. The van der Waals surface area contributed by atoms with Crippen molar-refractivity contribution in [2.75, 3.05) is 6.54 Å². The molecule has 1 aliphatic rings. The second-order valence-electron chi connectivity index (χ2n) is 5.10. The number of carbonyl (C=O) groups excluding carboxylic acids is 1. The van der Waals surface area contributed by atoms with E-state index in [0.717, 1.165) is 18.2 Å². The fourth-order valence-corrected chi connectivity index (χ4v) is 2.33. The normalized spacial score (nSPS) is 14.7. The number of rotatable bonds is 2. The highest BCUT2D eigenvalue weighted by atomic mass is 19.4. The Balaban J connectivity index is 2.08. The van der Waals surface area contributed by atoms with Gasteiger partial charge in [-0.05, 0) is 29.3 Å². The van der Waals surface area contributed by atoms with Gasteiger partial charge in [-0.3, -0.25) is 20.6 Å². The molecule has 0 fully saturated rings. The van der Waals surface area contributed by atoms with Gasteiger partial charge in [-0.2, -0.15) is 13.2 Å². The summed E-state index contributed by atoms with van der Waals surface area (Å²) >= 11 is 0. The summed E-state index contributed by atoms with van der Waals surface area (Å²) in [5.41, 5.74) is 4.27. The molecule has 0 bridgehead atoms. The third-order valence-corrected chi connectivity index (χ3v) is 3.45. The Morgan fingerprint density at radius 1 is 0.958 bits per heavy atom. The lowest BCUT2D eigenvalue weighted by molar-refractivity contribution is -0.137. The molecule has 0 saturated heterocycles. The highest BCUT2D eigenvalue weighted by Gasteiger charge is 2.34. The second-order valence-corrected chi connectivity index (χ2v) is 5.10. The van der Waals surface area contributed by atoms with Gasteiger partial charge in [0.1, 0.15) is 18.2 Å². The third-order valence-electron chi connectivity index (χ3n) is 3.45. The van der Waals surface area contributed by atoms with Crippen LogP contribution in [0.1, 0.15) is 11.1 Å². The molecular formula is C16H11F4N3O. The zero-order valence-corrected chi connectivity index (χ0v) is 12.1. The van der Waals surface area contributed by atoms with E-state index in [1.165, 1.54) is 24.3 Å². The molecular weight excluding hydrogens is 326 g/mol.